The van der Waals surface area contributed by atoms with Crippen LogP contribution in [0.1, 0.15) is 65.7 Å². The quantitative estimate of drug-likeness (QED) is 0.287. The minimum atomic E-state index is -6.39. The highest BCUT2D eigenvalue weighted by atomic mass is 32.2. The lowest BCUT2D eigenvalue weighted by atomic mass is 9.48. The van der Waals surface area contributed by atoms with E-state index in [9.17, 15) is 44.3 Å². The Labute approximate surface area is 198 Å². The van der Waals surface area contributed by atoms with E-state index in [1.165, 1.54) is 0 Å². The van der Waals surface area contributed by atoms with Crippen LogP contribution in [0, 0.1) is 22.7 Å². The number of carbonyl (C=O) groups excluding carboxylic acids is 2. The molecule has 0 saturated heterocycles. The highest BCUT2D eigenvalue weighted by Gasteiger charge is 2.77. The molecule has 1 N–H and O–H groups in total. The zero-order valence-corrected chi connectivity index (χ0v) is 20.2. The van der Waals surface area contributed by atoms with Crippen molar-refractivity contribution in [1.82, 2.24) is 0 Å². The van der Waals surface area contributed by atoms with Gasteiger partial charge in [0.2, 0.25) is 0 Å². The van der Waals surface area contributed by atoms with Crippen molar-refractivity contribution in [2.75, 3.05) is 5.75 Å². The molecule has 0 aromatic carbocycles. The van der Waals surface area contributed by atoms with Crippen molar-refractivity contribution < 1.29 is 58.4 Å². The molecule has 0 aromatic heterocycles. The predicted molar refractivity (Wildman–Crippen MR) is 107 cm³/mol. The molecule has 4 aliphatic carbocycles. The second-order valence-corrected chi connectivity index (χ2v) is 12.4. The molecule has 0 heterocycles. The van der Waals surface area contributed by atoms with Gasteiger partial charge in [0.15, 0.2) is 0 Å². The van der Waals surface area contributed by atoms with Gasteiger partial charge in [-0.2, -0.15) is 34.8 Å². The van der Waals surface area contributed by atoms with E-state index < -0.39 is 62.2 Å². The fourth-order valence-corrected chi connectivity index (χ4v) is 6.91. The van der Waals surface area contributed by atoms with Gasteiger partial charge in [0, 0.05) is 6.42 Å². The third-order valence-electron chi connectivity index (χ3n) is 7.75. The highest BCUT2D eigenvalue weighted by molar-refractivity contribution is 7.85. The number of carbonyl (C=O) groups is 2. The number of rotatable bonds is 7. The Bertz CT molecular complexity index is 957. The number of esters is 2. The predicted octanol–water partition coefficient (Wildman–Crippen LogP) is 4.60. The molecule has 0 radical (unpaired) electrons. The molecule has 35 heavy (non-hydrogen) atoms. The zero-order chi connectivity index (χ0) is 26.9. The van der Waals surface area contributed by atoms with E-state index in [1.807, 2.05) is 0 Å². The van der Waals surface area contributed by atoms with Crippen LogP contribution in [0.15, 0.2) is 0 Å². The van der Waals surface area contributed by atoms with Gasteiger partial charge in [0.25, 0.3) is 10.1 Å². The van der Waals surface area contributed by atoms with Gasteiger partial charge >= 0.3 is 29.9 Å². The van der Waals surface area contributed by atoms with Crippen LogP contribution in [0.4, 0.5) is 26.3 Å². The number of hydrogen-bond donors (Lipinski definition) is 1. The molecule has 4 bridgehead atoms. The molecule has 0 amide bonds. The number of halogens is 6. The van der Waals surface area contributed by atoms with Gasteiger partial charge in [0.05, 0.1) is 10.8 Å². The van der Waals surface area contributed by atoms with E-state index in [0.717, 1.165) is 0 Å². The summed E-state index contributed by atoms with van der Waals surface area (Å²) in [5, 5.41) is 0. The first kappa shape index (κ1) is 28.0. The Morgan fingerprint density at radius 3 is 1.86 bits per heavy atom. The monoisotopic (exact) mass is 538 g/mol. The smallest absolute Gasteiger partial charge is 0.438 e. The van der Waals surface area contributed by atoms with Crippen LogP contribution in [0.5, 0.6) is 0 Å². The van der Waals surface area contributed by atoms with E-state index >= 15 is 0 Å². The Morgan fingerprint density at radius 1 is 0.971 bits per heavy atom. The summed E-state index contributed by atoms with van der Waals surface area (Å²) in [4.78, 5) is 25.9. The molecule has 2 atom stereocenters. The van der Waals surface area contributed by atoms with Crippen LogP contribution in [-0.2, 0) is 29.2 Å². The van der Waals surface area contributed by atoms with Crippen molar-refractivity contribution in [3.63, 3.8) is 0 Å². The summed E-state index contributed by atoms with van der Waals surface area (Å²) in [7, 11) is -5.88. The molecule has 4 fully saturated rings. The highest BCUT2D eigenvalue weighted by Crippen LogP contribution is 2.64. The Morgan fingerprint density at radius 2 is 1.46 bits per heavy atom. The lowest BCUT2D eigenvalue weighted by molar-refractivity contribution is -0.364. The first-order valence-electron chi connectivity index (χ1n) is 11.1. The van der Waals surface area contributed by atoms with E-state index in [2.05, 4.69) is 4.74 Å². The minimum Gasteiger partial charge on any atom is -0.459 e. The largest absolute Gasteiger partial charge is 0.459 e. The van der Waals surface area contributed by atoms with Crippen LogP contribution in [0.2, 0.25) is 0 Å². The van der Waals surface area contributed by atoms with Crippen molar-refractivity contribution in [2.24, 2.45) is 22.7 Å². The molecule has 14 heteroatoms. The van der Waals surface area contributed by atoms with Gasteiger partial charge in [-0.25, -0.2) is 0 Å². The lowest BCUT2D eigenvalue weighted by Gasteiger charge is -2.60. The van der Waals surface area contributed by atoms with Gasteiger partial charge in [-0.05, 0) is 64.2 Å². The molecule has 4 aliphatic rings. The molecule has 4 saturated carbocycles. The molecular weight excluding hydrogens is 510 g/mol. The average Bonchev–Trinajstić information content (AvgIpc) is 2.62. The molecular formula is C21H28F6O7S. The van der Waals surface area contributed by atoms with Crippen LogP contribution in [0.25, 0.3) is 0 Å². The minimum absolute atomic E-state index is 0.0729. The van der Waals surface area contributed by atoms with Crippen molar-refractivity contribution in [1.29, 1.82) is 0 Å². The number of alkyl halides is 6. The fourth-order valence-electron chi connectivity index (χ4n) is 6.01. The maximum Gasteiger partial charge on any atom is 0.438 e. The first-order chi connectivity index (χ1) is 15.6. The maximum absolute atomic E-state index is 13.7. The van der Waals surface area contributed by atoms with Crippen LogP contribution >= 0.6 is 0 Å². The molecule has 202 valence electrons. The summed E-state index contributed by atoms with van der Waals surface area (Å²) >= 11 is 0. The third-order valence-corrected chi connectivity index (χ3v) is 8.53. The van der Waals surface area contributed by atoms with Gasteiger partial charge in [-0.1, -0.05) is 6.92 Å². The molecule has 0 aromatic rings. The lowest BCUT2D eigenvalue weighted by Crippen LogP contribution is -2.66. The Balaban J connectivity index is 1.99. The van der Waals surface area contributed by atoms with E-state index in [-0.39, 0.29) is 31.1 Å². The third kappa shape index (κ3) is 5.01. The normalized spacial score (nSPS) is 31.4. The van der Waals surface area contributed by atoms with Gasteiger partial charge in [-0.3, -0.25) is 14.1 Å². The SMILES string of the molecule is CCC(C)(C)C(=O)OC12CC3CC(C1)CC(C(=O)OC(CS(=O)(=O)O)(C(F)(F)F)C(F)(F)F)(C3)C2. The fraction of sp³-hybridized carbons (Fsp3) is 0.905. The second-order valence-electron chi connectivity index (χ2n) is 11.0. The molecule has 0 aliphatic heterocycles. The standard InChI is InChI=1S/C21H28F6O7S/c1-4-16(2,3)14(28)33-18-8-12-5-13(9-18)7-17(6-12,10-18)15(29)34-19(20(22,23)24,21(25,26)27)11-35(30,31)32/h12-13H,4-11H2,1-3H3,(H,30,31,32). The van der Waals surface area contributed by atoms with Gasteiger partial charge in [-0.15, -0.1) is 0 Å². The molecule has 0 spiro atoms. The summed E-state index contributed by atoms with van der Waals surface area (Å²) in [6, 6.07) is 0. The topological polar surface area (TPSA) is 107 Å². The summed E-state index contributed by atoms with van der Waals surface area (Å²) in [6.45, 7) is 5.02. The average molecular weight is 539 g/mol. The zero-order valence-electron chi connectivity index (χ0n) is 19.4. The van der Waals surface area contributed by atoms with Crippen molar-refractivity contribution in [3.05, 3.63) is 0 Å². The van der Waals surface area contributed by atoms with Crippen molar-refractivity contribution >= 4 is 22.1 Å². The summed E-state index contributed by atoms with van der Waals surface area (Å²) in [5.74, 6) is -5.97. The van der Waals surface area contributed by atoms with Gasteiger partial charge in [0.1, 0.15) is 11.4 Å². The molecule has 4 rings (SSSR count). The number of ether oxygens (including phenoxy) is 2. The van der Waals surface area contributed by atoms with Crippen molar-refractivity contribution in [2.45, 2.75) is 89.3 Å². The maximum atomic E-state index is 13.7. The molecule has 2 unspecified atom stereocenters. The van der Waals surface area contributed by atoms with Crippen LogP contribution < -0.4 is 0 Å². The summed E-state index contributed by atoms with van der Waals surface area (Å²) in [6.07, 6.45) is -11.6. The number of hydrogen-bond acceptors (Lipinski definition) is 6. The van der Waals surface area contributed by atoms with Gasteiger partial charge < -0.3 is 9.47 Å². The van der Waals surface area contributed by atoms with Crippen LogP contribution in [0.3, 0.4) is 0 Å². The Kier molecular flexibility index (Phi) is 6.58. The van der Waals surface area contributed by atoms with E-state index in [4.69, 9.17) is 9.29 Å². The van der Waals surface area contributed by atoms with Crippen molar-refractivity contribution in [3.8, 4) is 0 Å². The summed E-state index contributed by atoms with van der Waals surface area (Å²) < 4.78 is 123. The van der Waals surface area contributed by atoms with Crippen LogP contribution in [-0.4, -0.2) is 54.2 Å². The summed E-state index contributed by atoms with van der Waals surface area (Å²) in [5.41, 5.74) is -9.41. The second kappa shape index (κ2) is 8.22. The van der Waals surface area contributed by atoms with E-state index in [0.29, 0.717) is 25.7 Å². The van der Waals surface area contributed by atoms with E-state index in [1.54, 1.807) is 20.8 Å². The molecule has 7 nitrogen and oxygen atoms in total. The first-order valence-corrected chi connectivity index (χ1v) is 12.8. The Hall–Kier alpha value is -1.57.